The molecular formula is C26H36ClF3N8O9S2. The average Bonchev–Trinajstić information content (AvgIpc) is 3.41. The van der Waals surface area contributed by atoms with Crippen LogP contribution in [0, 0.1) is 0 Å². The summed E-state index contributed by atoms with van der Waals surface area (Å²) in [4.78, 5) is 72.4. The number of quaternary nitrogens is 1. The van der Waals surface area contributed by atoms with Gasteiger partial charge in [-0.3, -0.25) is 23.9 Å². The number of carbonyl (C=O) groups is 5. The number of hydrogen-bond donors (Lipinski definition) is 3. The van der Waals surface area contributed by atoms with Crippen molar-refractivity contribution in [3.63, 3.8) is 0 Å². The summed E-state index contributed by atoms with van der Waals surface area (Å²) in [5.41, 5.74) is 3.61. The third kappa shape index (κ3) is 9.22. The third-order valence-electron chi connectivity index (χ3n) is 7.28. The number of nitrogen functional groups attached to an aromatic ring is 1. The highest BCUT2D eigenvalue weighted by Gasteiger charge is 2.63. The van der Waals surface area contributed by atoms with E-state index in [2.05, 4.69) is 19.8 Å². The standard InChI is InChI=1S/C24H34N8O7S2.C2HF3O2.ClH/c1-7-38-28-14(16-26-21(25)41-29-16)17(33)27-24(5)19(36)31-15(18(34)35)13(12-40-20(24)31)32(6)10-8-30(9-11-32)22(37)39-23(2,3)4;3-2(4,5)1(6)7;/h20H,7-12H2,1-6H3,(H3-,25,26,27,29,33,34,35);(H,6,7);1H/t20-,24+;;/m0../s1. The highest BCUT2D eigenvalue weighted by atomic mass is 35.5. The second-order valence-corrected chi connectivity index (χ2v) is 13.9. The van der Waals surface area contributed by atoms with Crippen LogP contribution in [-0.2, 0) is 28.8 Å². The van der Waals surface area contributed by atoms with Gasteiger partial charge in [0.2, 0.25) is 11.5 Å². The van der Waals surface area contributed by atoms with Crippen LogP contribution in [-0.4, -0.2) is 133 Å². The maximum Gasteiger partial charge on any atom is 0.490 e. The van der Waals surface area contributed by atoms with Crippen molar-refractivity contribution in [3.8, 4) is 0 Å². The van der Waals surface area contributed by atoms with Crippen LogP contribution in [0.5, 0.6) is 0 Å². The number of carboxylic acid groups (broad SMARTS) is 2. The molecule has 3 aliphatic heterocycles. The number of ether oxygens (including phenoxy) is 1. The summed E-state index contributed by atoms with van der Waals surface area (Å²) in [5, 5.41) is 25.5. The fourth-order valence-corrected chi connectivity index (χ4v) is 6.89. The van der Waals surface area contributed by atoms with Crippen molar-refractivity contribution in [1.82, 2.24) is 24.5 Å². The number of hydrogen-bond acceptors (Lipinski definition) is 14. The van der Waals surface area contributed by atoms with E-state index >= 15 is 0 Å². The number of rotatable bonds is 7. The quantitative estimate of drug-likeness (QED) is 0.148. The van der Waals surface area contributed by atoms with Gasteiger partial charge in [0.25, 0.3) is 11.8 Å². The van der Waals surface area contributed by atoms with E-state index in [4.69, 9.17) is 25.2 Å². The lowest BCUT2D eigenvalue weighted by atomic mass is 9.88. The fourth-order valence-electron chi connectivity index (χ4n) is 4.85. The Hall–Kier alpha value is -3.89. The molecule has 0 bridgehead atoms. The van der Waals surface area contributed by atoms with E-state index in [1.807, 2.05) is 7.05 Å². The first-order valence-electron chi connectivity index (χ1n) is 14.2. The molecule has 0 aromatic carbocycles. The number of halogens is 4. The summed E-state index contributed by atoms with van der Waals surface area (Å²) in [5.74, 6) is -5.40. The molecule has 3 aliphatic rings. The lowest BCUT2D eigenvalue weighted by Crippen LogP contribution is -2.79. The molecule has 1 aromatic rings. The smallest absolute Gasteiger partial charge is 0.490 e. The minimum Gasteiger partial charge on any atom is -0.543 e. The Morgan fingerprint density at radius 2 is 1.80 bits per heavy atom. The number of nitrogens with one attached hydrogen (secondary N) is 1. The molecule has 0 spiro atoms. The Morgan fingerprint density at radius 1 is 1.22 bits per heavy atom. The largest absolute Gasteiger partial charge is 0.543 e. The van der Waals surface area contributed by atoms with Crippen LogP contribution in [0.2, 0.25) is 0 Å². The average molecular weight is 761 g/mol. The van der Waals surface area contributed by atoms with Crippen molar-refractivity contribution in [1.29, 1.82) is 0 Å². The van der Waals surface area contributed by atoms with E-state index in [-0.39, 0.29) is 51.6 Å². The third-order valence-corrected chi connectivity index (χ3v) is 9.26. The van der Waals surface area contributed by atoms with Gasteiger partial charge in [-0.15, -0.1) is 24.2 Å². The van der Waals surface area contributed by atoms with E-state index in [0.29, 0.717) is 31.9 Å². The van der Waals surface area contributed by atoms with Gasteiger partial charge in [0.05, 0.1) is 31.9 Å². The number of oxime groups is 1. The topological polar surface area (TPSA) is 230 Å². The van der Waals surface area contributed by atoms with Crippen LogP contribution in [0.3, 0.4) is 0 Å². The molecule has 4 N–H and O–H groups in total. The Morgan fingerprint density at radius 3 is 2.24 bits per heavy atom. The molecule has 1 aromatic heterocycles. The highest BCUT2D eigenvalue weighted by molar-refractivity contribution is 8.00. The molecule has 17 nitrogen and oxygen atoms in total. The van der Waals surface area contributed by atoms with Gasteiger partial charge in [-0.25, -0.2) is 9.59 Å². The number of amides is 3. The normalized spacial score (nSPS) is 22.0. The number of piperazine rings is 1. The summed E-state index contributed by atoms with van der Waals surface area (Å²) in [6, 6.07) is 0. The van der Waals surface area contributed by atoms with Gasteiger partial charge in [-0.05, 0) is 34.6 Å². The molecule has 4 heterocycles. The molecule has 3 amide bonds. The molecule has 4 rings (SSSR count). The number of thioether (sulfide) groups is 1. The summed E-state index contributed by atoms with van der Waals surface area (Å²) < 4.78 is 41.4. The number of fused-ring (bicyclic) bond motifs is 1. The van der Waals surface area contributed by atoms with Gasteiger partial charge in [0.1, 0.15) is 47.6 Å². The summed E-state index contributed by atoms with van der Waals surface area (Å²) in [7, 11) is 1.87. The van der Waals surface area contributed by atoms with Crippen molar-refractivity contribution < 1.29 is 61.4 Å². The number of nitrogens with zero attached hydrogens (tertiary/aromatic N) is 6. The van der Waals surface area contributed by atoms with Gasteiger partial charge in [-0.2, -0.15) is 22.5 Å². The number of carbonyl (C=O) groups excluding carboxylic acids is 4. The van der Waals surface area contributed by atoms with Gasteiger partial charge in [0.15, 0.2) is 5.13 Å². The van der Waals surface area contributed by atoms with Crippen LogP contribution in [0.4, 0.5) is 23.1 Å². The number of aliphatic carboxylic acids is 2. The molecule has 2 fully saturated rings. The number of likely N-dealkylation sites (N-methyl/N-ethyl adjacent to an activating group) is 1. The van der Waals surface area contributed by atoms with Gasteiger partial charge >= 0.3 is 18.2 Å². The van der Waals surface area contributed by atoms with Crippen LogP contribution in [0.15, 0.2) is 16.5 Å². The first kappa shape index (κ1) is 41.3. The van der Waals surface area contributed by atoms with Gasteiger partial charge in [0, 0.05) is 11.5 Å². The van der Waals surface area contributed by atoms with Crippen molar-refractivity contribution in [2.75, 3.05) is 51.3 Å². The minimum atomic E-state index is -5.08. The molecular weight excluding hydrogens is 725 g/mol. The van der Waals surface area contributed by atoms with Gasteiger partial charge in [-0.1, -0.05) is 5.16 Å². The maximum atomic E-state index is 13.5. The zero-order valence-corrected chi connectivity index (χ0v) is 29.6. The van der Waals surface area contributed by atoms with E-state index in [1.165, 1.54) is 23.6 Å². The Bertz CT molecular complexity index is 1530. The Labute approximate surface area is 292 Å². The number of alkyl halides is 3. The first-order valence-corrected chi connectivity index (χ1v) is 16.0. The van der Waals surface area contributed by atoms with Crippen LogP contribution >= 0.6 is 35.7 Å². The lowest BCUT2D eigenvalue weighted by Gasteiger charge is -2.57. The number of anilines is 1. The first-order chi connectivity index (χ1) is 22.1. The molecule has 23 heteroatoms. The number of nitrogens with two attached hydrogens (primary N) is 1. The van der Waals surface area contributed by atoms with E-state index in [9.17, 15) is 37.5 Å². The van der Waals surface area contributed by atoms with Crippen LogP contribution in [0.25, 0.3) is 0 Å². The van der Waals surface area contributed by atoms with Crippen molar-refractivity contribution >= 4 is 76.4 Å². The van der Waals surface area contributed by atoms with Crippen molar-refractivity contribution in [2.45, 2.75) is 57.3 Å². The second kappa shape index (κ2) is 15.3. The molecule has 274 valence electrons. The molecule has 0 saturated carbocycles. The fraction of sp³-hybridized carbons (Fsp3) is 0.615. The molecule has 0 aliphatic carbocycles. The SMILES string of the molecule is CCON=C(C(=O)N[C@]1(C)C(=O)N2C(C(=O)[O-])=C([N+]3(C)CCN(C(=O)OC(C)(C)C)CC3)CS[C@H]21)c1nsc(N)n1.Cl.O=C(O)C(F)(F)F. The zero-order chi connectivity index (χ0) is 36.4. The van der Waals surface area contributed by atoms with E-state index in [1.54, 1.807) is 32.6 Å². The minimum absolute atomic E-state index is 0. The van der Waals surface area contributed by atoms with Crippen molar-refractivity contribution in [3.05, 3.63) is 17.2 Å². The summed E-state index contributed by atoms with van der Waals surface area (Å²) >= 11 is 2.20. The maximum absolute atomic E-state index is 13.5. The number of β-lactam (4-membered cyclic amide) rings is 1. The Balaban J connectivity index is 0.000000940. The molecule has 0 radical (unpaired) electrons. The predicted octanol–water partition coefficient (Wildman–Crippen LogP) is 0.365. The second-order valence-electron chi connectivity index (χ2n) is 12.0. The van der Waals surface area contributed by atoms with E-state index < -0.39 is 52.5 Å². The van der Waals surface area contributed by atoms with Crippen molar-refractivity contribution in [2.24, 2.45) is 5.16 Å². The number of aromatic nitrogens is 2. The van der Waals surface area contributed by atoms with Crippen LogP contribution < -0.4 is 16.2 Å². The van der Waals surface area contributed by atoms with E-state index in [0.717, 1.165) is 11.5 Å². The zero-order valence-electron chi connectivity index (χ0n) is 27.2. The monoisotopic (exact) mass is 760 g/mol. The predicted molar refractivity (Wildman–Crippen MR) is 169 cm³/mol. The molecule has 2 atom stereocenters. The lowest BCUT2D eigenvalue weighted by molar-refractivity contribution is -0.876. The molecule has 0 unspecified atom stereocenters. The summed E-state index contributed by atoms with van der Waals surface area (Å²) in [6.45, 7) is 10.3. The van der Waals surface area contributed by atoms with Gasteiger partial charge < -0.3 is 35.6 Å². The number of carboxylic acids is 2. The molecule has 49 heavy (non-hydrogen) atoms. The molecule has 2 saturated heterocycles. The Kier molecular flexibility index (Phi) is 12.9. The highest BCUT2D eigenvalue weighted by Crippen LogP contribution is 2.47. The summed E-state index contributed by atoms with van der Waals surface area (Å²) in [6.07, 6.45) is -5.51. The van der Waals surface area contributed by atoms with Crippen LogP contribution in [0.1, 0.15) is 40.4 Å².